The first-order valence-electron chi connectivity index (χ1n) is 9.97. The maximum Gasteiger partial charge on any atom is 0.120 e. The van der Waals surface area contributed by atoms with E-state index >= 15 is 0 Å². The lowest BCUT2D eigenvalue weighted by molar-refractivity contribution is 0.446. The van der Waals surface area contributed by atoms with E-state index in [1.165, 1.54) is 0 Å². The molecule has 0 amide bonds. The molecule has 4 N–H and O–H groups in total. The van der Waals surface area contributed by atoms with Crippen LogP contribution in [0.3, 0.4) is 0 Å². The first-order valence-corrected chi connectivity index (χ1v) is 9.97. The number of phenols is 2. The molecule has 0 aliphatic heterocycles. The lowest BCUT2D eigenvalue weighted by Gasteiger charge is -2.19. The summed E-state index contributed by atoms with van der Waals surface area (Å²) in [6.45, 7) is 9.93. The zero-order valence-electron chi connectivity index (χ0n) is 17.0. The fourth-order valence-corrected chi connectivity index (χ4v) is 3.53. The summed E-state index contributed by atoms with van der Waals surface area (Å²) in [4.78, 5) is 0. The lowest BCUT2D eigenvalue weighted by Crippen LogP contribution is -2.27. The normalized spacial score (nSPS) is 11.3. The first kappa shape index (κ1) is 23.5. The number of aromatic hydroxyl groups is 2. The summed E-state index contributed by atoms with van der Waals surface area (Å²) in [7, 11) is 0. The van der Waals surface area contributed by atoms with Crippen LogP contribution in [0.1, 0.15) is 64.5 Å². The van der Waals surface area contributed by atoms with Gasteiger partial charge in [-0.2, -0.15) is 0 Å². The minimum atomic E-state index is 0. The Morgan fingerprint density at radius 2 is 1.00 bits per heavy atom. The van der Waals surface area contributed by atoms with E-state index in [1.807, 2.05) is 12.1 Å². The molecule has 0 heterocycles. The lowest BCUT2D eigenvalue weighted by atomic mass is 9.97. The van der Waals surface area contributed by atoms with Crippen LogP contribution in [0.4, 0.5) is 0 Å². The molecule has 2 aromatic rings. The van der Waals surface area contributed by atoms with E-state index in [0.29, 0.717) is 36.7 Å². The van der Waals surface area contributed by atoms with E-state index in [4.69, 9.17) is 0 Å². The van der Waals surface area contributed by atoms with Crippen LogP contribution in [-0.4, -0.2) is 22.3 Å². The predicted molar refractivity (Wildman–Crippen MR) is 117 cm³/mol. The largest absolute Gasteiger partial charge is 0.508 e. The molecule has 0 unspecified atom stereocenters. The summed E-state index contributed by atoms with van der Waals surface area (Å²) in [5.41, 5.74) is 1.80. The molecule has 0 saturated heterocycles. The van der Waals surface area contributed by atoms with Crippen LogP contribution in [0.5, 0.6) is 11.5 Å². The Kier molecular flexibility index (Phi) is 9.92. The number of nitrogens with one attached hydrogen (secondary N) is 2. The van der Waals surface area contributed by atoms with Crippen molar-refractivity contribution in [2.24, 2.45) is 0 Å². The van der Waals surface area contributed by atoms with Crippen LogP contribution in [0.2, 0.25) is 0 Å². The summed E-state index contributed by atoms with van der Waals surface area (Å²) < 4.78 is 0. The molecule has 0 aliphatic carbocycles. The standard InChI is InChI=1S/C22H34N2O2.ClH/c1-5-15(6-2)23-13-19-17-9-12-22(26)20(14-24-16(7-3)8-4)18(17)10-11-21(19)25;/h9-12,15-16,23-26H,5-8,13-14H2,1-4H3;1H. The third-order valence-electron chi connectivity index (χ3n) is 5.48. The van der Waals surface area contributed by atoms with Gasteiger partial charge < -0.3 is 20.8 Å². The van der Waals surface area contributed by atoms with Gasteiger partial charge in [0.05, 0.1) is 0 Å². The zero-order valence-corrected chi connectivity index (χ0v) is 17.8. The summed E-state index contributed by atoms with van der Waals surface area (Å²) in [6.07, 6.45) is 4.25. The van der Waals surface area contributed by atoms with Crippen LogP contribution in [0.15, 0.2) is 24.3 Å². The Morgan fingerprint density at radius 3 is 1.30 bits per heavy atom. The van der Waals surface area contributed by atoms with E-state index in [9.17, 15) is 10.2 Å². The number of hydrogen-bond donors (Lipinski definition) is 4. The highest BCUT2D eigenvalue weighted by Crippen LogP contribution is 2.33. The second-order valence-corrected chi connectivity index (χ2v) is 7.01. The Hall–Kier alpha value is -1.49. The van der Waals surface area contributed by atoms with Crippen molar-refractivity contribution < 1.29 is 10.2 Å². The summed E-state index contributed by atoms with van der Waals surface area (Å²) in [5.74, 6) is 0.612. The van der Waals surface area contributed by atoms with Crippen molar-refractivity contribution in [1.29, 1.82) is 0 Å². The molecule has 4 nitrogen and oxygen atoms in total. The Bertz CT molecular complexity index is 652. The molecular weight excluding hydrogens is 360 g/mol. The highest BCUT2D eigenvalue weighted by molar-refractivity contribution is 5.92. The second-order valence-electron chi connectivity index (χ2n) is 7.01. The minimum absolute atomic E-state index is 0. The van der Waals surface area contributed by atoms with Crippen LogP contribution in [-0.2, 0) is 13.1 Å². The molecule has 152 valence electrons. The molecule has 0 fully saturated rings. The molecule has 5 heteroatoms. The van der Waals surface area contributed by atoms with Crippen molar-refractivity contribution in [3.63, 3.8) is 0 Å². The van der Waals surface area contributed by atoms with Gasteiger partial charge in [-0.25, -0.2) is 0 Å². The van der Waals surface area contributed by atoms with Crippen LogP contribution >= 0.6 is 12.4 Å². The molecule has 27 heavy (non-hydrogen) atoms. The topological polar surface area (TPSA) is 64.5 Å². The Morgan fingerprint density at radius 1 is 0.667 bits per heavy atom. The fraction of sp³-hybridized carbons (Fsp3) is 0.545. The van der Waals surface area contributed by atoms with E-state index < -0.39 is 0 Å². The molecule has 0 aromatic heterocycles. The van der Waals surface area contributed by atoms with Gasteiger partial charge >= 0.3 is 0 Å². The smallest absolute Gasteiger partial charge is 0.120 e. The van der Waals surface area contributed by atoms with Crippen LogP contribution in [0.25, 0.3) is 10.8 Å². The first-order chi connectivity index (χ1) is 12.5. The van der Waals surface area contributed by atoms with Gasteiger partial charge in [0.2, 0.25) is 0 Å². The maximum atomic E-state index is 10.4. The SMILES string of the molecule is CCC(CC)NCc1c(O)ccc2c(CNC(CC)CC)c(O)ccc12.Cl. The quantitative estimate of drug-likeness (QED) is 0.445. The van der Waals surface area contributed by atoms with Gasteiger partial charge in [-0.05, 0) is 48.6 Å². The summed E-state index contributed by atoms with van der Waals surface area (Å²) in [6, 6.07) is 8.19. The predicted octanol–water partition coefficient (Wildman–Crippen LogP) is 5.23. The van der Waals surface area contributed by atoms with Gasteiger partial charge in [0.15, 0.2) is 0 Å². The average molecular weight is 395 g/mol. The van der Waals surface area contributed by atoms with Gasteiger partial charge in [0.25, 0.3) is 0 Å². The third-order valence-corrected chi connectivity index (χ3v) is 5.48. The van der Waals surface area contributed by atoms with Gasteiger partial charge in [-0.15, -0.1) is 12.4 Å². The maximum absolute atomic E-state index is 10.4. The molecule has 0 atom stereocenters. The average Bonchev–Trinajstić information content (AvgIpc) is 2.66. The number of fused-ring (bicyclic) bond motifs is 1. The van der Waals surface area contributed by atoms with Crippen molar-refractivity contribution in [3.05, 3.63) is 35.4 Å². The van der Waals surface area contributed by atoms with Crippen molar-refractivity contribution in [2.45, 2.75) is 78.6 Å². The van der Waals surface area contributed by atoms with Gasteiger partial charge in [0, 0.05) is 36.3 Å². The number of halogens is 1. The monoisotopic (exact) mass is 394 g/mol. The van der Waals surface area contributed by atoms with Crippen molar-refractivity contribution in [2.75, 3.05) is 0 Å². The van der Waals surface area contributed by atoms with E-state index in [2.05, 4.69) is 38.3 Å². The minimum Gasteiger partial charge on any atom is -0.508 e. The molecule has 0 radical (unpaired) electrons. The van der Waals surface area contributed by atoms with Crippen LogP contribution in [0, 0.1) is 0 Å². The number of benzene rings is 2. The van der Waals surface area contributed by atoms with E-state index in [0.717, 1.165) is 47.6 Å². The second kappa shape index (κ2) is 11.4. The van der Waals surface area contributed by atoms with Crippen molar-refractivity contribution >= 4 is 23.2 Å². The molecule has 2 aromatic carbocycles. The van der Waals surface area contributed by atoms with Gasteiger partial charge in [-0.1, -0.05) is 39.8 Å². The van der Waals surface area contributed by atoms with Gasteiger partial charge in [0.1, 0.15) is 11.5 Å². The summed E-state index contributed by atoms with van der Waals surface area (Å²) in [5, 5.41) is 29.9. The van der Waals surface area contributed by atoms with Crippen molar-refractivity contribution in [3.8, 4) is 11.5 Å². The zero-order chi connectivity index (χ0) is 19.1. The number of phenolic OH excluding ortho intramolecular Hbond substituents is 2. The molecule has 0 bridgehead atoms. The van der Waals surface area contributed by atoms with E-state index in [1.54, 1.807) is 12.1 Å². The molecule has 2 rings (SSSR count). The molecule has 0 saturated carbocycles. The third kappa shape index (κ3) is 5.74. The molecule has 0 spiro atoms. The highest BCUT2D eigenvalue weighted by Gasteiger charge is 2.14. The Labute approximate surface area is 169 Å². The van der Waals surface area contributed by atoms with Crippen LogP contribution < -0.4 is 10.6 Å². The fourth-order valence-electron chi connectivity index (χ4n) is 3.53. The van der Waals surface area contributed by atoms with E-state index in [-0.39, 0.29) is 12.4 Å². The highest BCUT2D eigenvalue weighted by atomic mass is 35.5. The molecule has 0 aliphatic rings. The molecular formula is C22H35ClN2O2. The van der Waals surface area contributed by atoms with Gasteiger partial charge in [-0.3, -0.25) is 0 Å². The number of hydrogen-bond acceptors (Lipinski definition) is 4. The Balaban J connectivity index is 0.00000364. The number of rotatable bonds is 10. The van der Waals surface area contributed by atoms with Crippen molar-refractivity contribution in [1.82, 2.24) is 10.6 Å². The summed E-state index contributed by atoms with van der Waals surface area (Å²) >= 11 is 0.